The van der Waals surface area contributed by atoms with Gasteiger partial charge in [0.1, 0.15) is 0 Å². The summed E-state index contributed by atoms with van der Waals surface area (Å²) >= 11 is 0. The zero-order valence-corrected chi connectivity index (χ0v) is 20.6. The smallest absolute Gasteiger partial charge is 0.255 e. The van der Waals surface area contributed by atoms with Crippen molar-refractivity contribution in [1.29, 1.82) is 0 Å². The van der Waals surface area contributed by atoms with Crippen LogP contribution in [0, 0.1) is 0 Å². The molecule has 184 valence electrons. The van der Waals surface area contributed by atoms with Crippen LogP contribution in [0.1, 0.15) is 44.1 Å². The van der Waals surface area contributed by atoms with Crippen molar-refractivity contribution in [2.75, 3.05) is 27.3 Å². The molecule has 1 aliphatic rings. The summed E-state index contributed by atoms with van der Waals surface area (Å²) < 4.78 is 38.7. The molecule has 0 aliphatic heterocycles. The number of hydrogen-bond donors (Lipinski definition) is 1. The van der Waals surface area contributed by atoms with Gasteiger partial charge in [0.25, 0.3) is 5.91 Å². The number of sulfonamides is 1. The number of hydrazone groups is 1. The van der Waals surface area contributed by atoms with Gasteiger partial charge in [0.2, 0.25) is 10.0 Å². The van der Waals surface area contributed by atoms with Crippen LogP contribution in [-0.2, 0) is 21.2 Å². The summed E-state index contributed by atoms with van der Waals surface area (Å²) in [5.74, 6) is 0.263. The number of rotatable bonds is 10. The van der Waals surface area contributed by atoms with Crippen molar-refractivity contribution >= 4 is 21.6 Å². The van der Waals surface area contributed by atoms with Crippen molar-refractivity contribution in [2.24, 2.45) is 5.10 Å². The highest BCUT2D eigenvalue weighted by Gasteiger charge is 2.28. The molecule has 0 unspecified atom stereocenters. The molecule has 1 fully saturated rings. The number of ether oxygens (including phenoxy) is 2. The van der Waals surface area contributed by atoms with Crippen molar-refractivity contribution in [2.45, 2.75) is 49.8 Å². The number of carbonyl (C=O) groups is 1. The quantitative estimate of drug-likeness (QED) is 0.407. The largest absolute Gasteiger partial charge is 0.493 e. The van der Waals surface area contributed by atoms with E-state index in [9.17, 15) is 13.2 Å². The molecular formula is C25H33N3O5S. The molecular weight excluding hydrogens is 454 g/mol. The lowest BCUT2D eigenvalue weighted by Gasteiger charge is -2.22. The normalized spacial score (nSPS) is 14.4. The van der Waals surface area contributed by atoms with E-state index in [1.54, 1.807) is 6.07 Å². The highest BCUT2D eigenvalue weighted by atomic mass is 32.2. The average molecular weight is 488 g/mol. The summed E-state index contributed by atoms with van der Waals surface area (Å²) in [4.78, 5) is 12.8. The summed E-state index contributed by atoms with van der Waals surface area (Å²) in [6, 6.07) is 14.0. The highest BCUT2D eigenvalue weighted by Crippen LogP contribution is 2.30. The Labute approximate surface area is 202 Å². The second-order valence-corrected chi connectivity index (χ2v) is 10.2. The Kier molecular flexibility index (Phi) is 9.47. The molecule has 1 aliphatic carbocycles. The summed E-state index contributed by atoms with van der Waals surface area (Å²) in [7, 11) is -1.05. The van der Waals surface area contributed by atoms with Crippen molar-refractivity contribution in [3.63, 3.8) is 0 Å². The second kappa shape index (κ2) is 12.5. The number of benzene rings is 2. The molecule has 1 saturated carbocycles. The maximum atomic E-state index is 13.5. The van der Waals surface area contributed by atoms with E-state index < -0.39 is 15.9 Å². The molecule has 0 heterocycles. The Morgan fingerprint density at radius 3 is 2.29 bits per heavy atom. The minimum Gasteiger partial charge on any atom is -0.493 e. The lowest BCUT2D eigenvalue weighted by molar-refractivity contribution is -0.121. The first-order chi connectivity index (χ1) is 16.4. The van der Waals surface area contributed by atoms with Gasteiger partial charge >= 0.3 is 0 Å². The van der Waals surface area contributed by atoms with Gasteiger partial charge in [0.15, 0.2) is 11.5 Å². The van der Waals surface area contributed by atoms with Crippen LogP contribution in [0.3, 0.4) is 0 Å². The van der Waals surface area contributed by atoms with Crippen molar-refractivity contribution < 1.29 is 22.7 Å². The SMILES string of the molecule is COc1ccc(S(=O)(=O)N(CCc2ccccc2)CC(=O)NN=C2CCCCCC2)cc1OC. The first kappa shape index (κ1) is 25.7. The molecule has 1 N–H and O–H groups in total. The summed E-state index contributed by atoms with van der Waals surface area (Å²) in [6.07, 6.45) is 6.66. The van der Waals surface area contributed by atoms with E-state index in [0.29, 0.717) is 17.9 Å². The minimum atomic E-state index is -3.98. The Hall–Kier alpha value is -2.91. The third-order valence-electron chi connectivity index (χ3n) is 5.82. The van der Waals surface area contributed by atoms with Crippen LogP contribution in [-0.4, -0.2) is 51.7 Å². The fourth-order valence-corrected chi connectivity index (χ4v) is 5.31. The molecule has 0 saturated heterocycles. The number of nitrogens with zero attached hydrogens (tertiary/aromatic N) is 2. The van der Waals surface area contributed by atoms with E-state index in [1.807, 2.05) is 30.3 Å². The number of hydrogen-bond acceptors (Lipinski definition) is 6. The fourth-order valence-electron chi connectivity index (χ4n) is 3.89. The third-order valence-corrected chi connectivity index (χ3v) is 7.67. The summed E-state index contributed by atoms with van der Waals surface area (Å²) in [5.41, 5.74) is 4.51. The zero-order chi connectivity index (χ0) is 24.4. The minimum absolute atomic E-state index is 0.0288. The first-order valence-electron chi connectivity index (χ1n) is 11.5. The van der Waals surface area contributed by atoms with Crippen LogP contribution >= 0.6 is 0 Å². The Morgan fingerprint density at radius 2 is 1.65 bits per heavy atom. The summed E-state index contributed by atoms with van der Waals surface area (Å²) in [6.45, 7) is -0.190. The number of nitrogens with one attached hydrogen (secondary N) is 1. The Balaban J connectivity index is 1.80. The molecule has 0 atom stereocenters. The van der Waals surface area contributed by atoms with Gasteiger partial charge in [-0.15, -0.1) is 0 Å². The van der Waals surface area contributed by atoms with Gasteiger partial charge in [-0.05, 0) is 49.8 Å². The highest BCUT2D eigenvalue weighted by molar-refractivity contribution is 7.89. The lowest BCUT2D eigenvalue weighted by atomic mass is 10.1. The van der Waals surface area contributed by atoms with Crippen LogP contribution in [0.15, 0.2) is 58.5 Å². The van der Waals surface area contributed by atoms with Crippen LogP contribution in [0.25, 0.3) is 0 Å². The van der Waals surface area contributed by atoms with Crippen LogP contribution in [0.2, 0.25) is 0 Å². The maximum absolute atomic E-state index is 13.5. The van der Waals surface area contributed by atoms with Crippen LogP contribution in [0.4, 0.5) is 0 Å². The van der Waals surface area contributed by atoms with E-state index in [-0.39, 0.29) is 18.0 Å². The number of carbonyl (C=O) groups excluding carboxylic acids is 1. The fraction of sp³-hybridized carbons (Fsp3) is 0.440. The third kappa shape index (κ3) is 7.04. The molecule has 0 aromatic heterocycles. The molecule has 1 amide bonds. The lowest BCUT2D eigenvalue weighted by Crippen LogP contribution is -2.40. The monoisotopic (exact) mass is 487 g/mol. The summed E-state index contributed by atoms with van der Waals surface area (Å²) in [5, 5.41) is 4.28. The van der Waals surface area contributed by atoms with E-state index in [0.717, 1.165) is 37.0 Å². The predicted molar refractivity (Wildman–Crippen MR) is 132 cm³/mol. The van der Waals surface area contributed by atoms with Gasteiger partial charge in [-0.3, -0.25) is 4.79 Å². The van der Waals surface area contributed by atoms with Gasteiger partial charge in [0, 0.05) is 18.3 Å². The molecule has 2 aromatic carbocycles. The topological polar surface area (TPSA) is 97.3 Å². The molecule has 2 aromatic rings. The van der Waals surface area contributed by atoms with Crippen LogP contribution < -0.4 is 14.9 Å². The predicted octanol–water partition coefficient (Wildman–Crippen LogP) is 3.76. The van der Waals surface area contributed by atoms with E-state index in [1.165, 1.54) is 43.5 Å². The molecule has 8 nitrogen and oxygen atoms in total. The van der Waals surface area contributed by atoms with Crippen molar-refractivity contribution in [3.05, 3.63) is 54.1 Å². The van der Waals surface area contributed by atoms with Gasteiger partial charge in [0.05, 0.1) is 25.7 Å². The maximum Gasteiger partial charge on any atom is 0.255 e. The van der Waals surface area contributed by atoms with Crippen molar-refractivity contribution in [1.82, 2.24) is 9.73 Å². The van der Waals surface area contributed by atoms with E-state index in [4.69, 9.17) is 9.47 Å². The Morgan fingerprint density at radius 1 is 0.971 bits per heavy atom. The molecule has 3 rings (SSSR count). The molecule has 9 heteroatoms. The van der Waals surface area contributed by atoms with E-state index >= 15 is 0 Å². The van der Waals surface area contributed by atoms with Gasteiger partial charge in [-0.2, -0.15) is 9.41 Å². The standard InChI is InChI=1S/C25H33N3O5S/c1-32-23-15-14-22(18-24(23)33-2)34(30,31)28(17-16-20-10-6-5-7-11-20)19-25(29)27-26-21-12-8-3-4-9-13-21/h5-7,10-11,14-15,18H,3-4,8-9,12-13,16-17,19H2,1-2H3,(H,27,29). The van der Waals surface area contributed by atoms with Crippen molar-refractivity contribution in [3.8, 4) is 11.5 Å². The van der Waals surface area contributed by atoms with E-state index in [2.05, 4.69) is 10.5 Å². The van der Waals surface area contributed by atoms with Gasteiger partial charge in [-0.1, -0.05) is 43.2 Å². The number of amides is 1. The average Bonchev–Trinajstić information content (AvgIpc) is 3.14. The van der Waals surface area contributed by atoms with Gasteiger partial charge < -0.3 is 9.47 Å². The Bertz CT molecular complexity index is 1080. The molecule has 0 spiro atoms. The molecule has 0 radical (unpaired) electrons. The molecule has 0 bridgehead atoms. The second-order valence-electron chi connectivity index (χ2n) is 8.22. The first-order valence-corrected chi connectivity index (χ1v) is 13.0. The zero-order valence-electron chi connectivity index (χ0n) is 19.8. The molecule has 34 heavy (non-hydrogen) atoms. The van der Waals surface area contributed by atoms with Gasteiger partial charge in [-0.25, -0.2) is 13.8 Å². The number of methoxy groups -OCH3 is 2. The van der Waals surface area contributed by atoms with Crippen LogP contribution in [0.5, 0.6) is 11.5 Å².